The van der Waals surface area contributed by atoms with Crippen LogP contribution in [-0.2, 0) is 4.79 Å². The van der Waals surface area contributed by atoms with E-state index in [-0.39, 0.29) is 18.3 Å². The van der Waals surface area contributed by atoms with E-state index in [0.29, 0.717) is 0 Å². The average Bonchev–Trinajstić information content (AvgIpc) is 2.66. The first-order valence-electron chi connectivity index (χ1n) is 4.31. The number of thiophene rings is 1. The van der Waals surface area contributed by atoms with Gasteiger partial charge in [0, 0.05) is 5.38 Å². The summed E-state index contributed by atoms with van der Waals surface area (Å²) in [5.74, 6) is 0.815. The quantitative estimate of drug-likeness (QED) is 0.859. The summed E-state index contributed by atoms with van der Waals surface area (Å²) in [5, 5.41) is 6.58. The van der Waals surface area contributed by atoms with Crippen LogP contribution in [0.3, 0.4) is 0 Å². The molecule has 1 aromatic heterocycles. The number of halogens is 1. The molecule has 0 bridgehead atoms. The fourth-order valence-electron chi connectivity index (χ4n) is 0.946. The zero-order valence-corrected chi connectivity index (χ0v) is 10.9. The van der Waals surface area contributed by atoms with Crippen LogP contribution in [0.4, 0.5) is 5.69 Å². The van der Waals surface area contributed by atoms with Gasteiger partial charge in [-0.25, -0.2) is 0 Å². The highest BCUT2D eigenvalue weighted by atomic mass is 35.5. The van der Waals surface area contributed by atoms with Crippen molar-refractivity contribution in [1.29, 1.82) is 0 Å². The minimum Gasteiger partial charge on any atom is -0.324 e. The number of thioether (sulfide) groups is 1. The summed E-state index contributed by atoms with van der Waals surface area (Å²) in [5.41, 5.74) is 6.53. The van der Waals surface area contributed by atoms with Gasteiger partial charge in [-0.1, -0.05) is 0 Å². The Morgan fingerprint density at radius 1 is 1.73 bits per heavy atom. The van der Waals surface area contributed by atoms with E-state index in [1.165, 1.54) is 0 Å². The first-order valence-corrected chi connectivity index (χ1v) is 6.65. The third-order valence-corrected chi connectivity index (χ3v) is 3.09. The van der Waals surface area contributed by atoms with Gasteiger partial charge in [-0.2, -0.15) is 23.1 Å². The fourth-order valence-corrected chi connectivity index (χ4v) is 2.02. The molecular formula is C9H15ClN2OS2. The Hall–Kier alpha value is -0.230. The first-order chi connectivity index (χ1) is 6.74. The largest absolute Gasteiger partial charge is 0.324 e. The maximum Gasteiger partial charge on any atom is 0.241 e. The molecule has 0 aliphatic heterocycles. The third-order valence-electron chi connectivity index (χ3n) is 1.76. The lowest BCUT2D eigenvalue weighted by Gasteiger charge is -2.10. The second kappa shape index (κ2) is 7.98. The van der Waals surface area contributed by atoms with E-state index in [4.69, 9.17) is 5.73 Å². The molecule has 3 nitrogen and oxygen atoms in total. The van der Waals surface area contributed by atoms with Crippen LogP contribution in [-0.4, -0.2) is 24.0 Å². The summed E-state index contributed by atoms with van der Waals surface area (Å²) >= 11 is 3.25. The molecule has 0 radical (unpaired) electrons. The van der Waals surface area contributed by atoms with E-state index >= 15 is 0 Å². The van der Waals surface area contributed by atoms with Gasteiger partial charge in [0.25, 0.3) is 0 Å². The summed E-state index contributed by atoms with van der Waals surface area (Å²) in [6, 6.07) is 1.46. The molecule has 0 saturated heterocycles. The maximum absolute atomic E-state index is 11.5. The second-order valence-corrected chi connectivity index (χ2v) is 4.65. The van der Waals surface area contributed by atoms with E-state index in [1.54, 1.807) is 23.1 Å². The van der Waals surface area contributed by atoms with Gasteiger partial charge in [0.15, 0.2) is 0 Å². The zero-order valence-electron chi connectivity index (χ0n) is 8.43. The lowest BCUT2D eigenvalue weighted by Crippen LogP contribution is -2.35. The van der Waals surface area contributed by atoms with E-state index < -0.39 is 6.04 Å². The topological polar surface area (TPSA) is 55.1 Å². The predicted molar refractivity (Wildman–Crippen MR) is 71.2 cm³/mol. The van der Waals surface area contributed by atoms with Crippen LogP contribution in [0.2, 0.25) is 0 Å². The standard InChI is InChI=1S/C9H14N2OS2.ClH/c1-13-4-3-8(10)9(12)11-7-2-5-14-6-7;/h2,5-6,8H,3-4,10H2,1H3,(H,11,12);1H/t8-;/m0./s1. The van der Waals surface area contributed by atoms with Gasteiger partial charge in [-0.05, 0) is 29.9 Å². The van der Waals surface area contributed by atoms with Crippen LogP contribution in [0.1, 0.15) is 6.42 Å². The van der Waals surface area contributed by atoms with Gasteiger partial charge in [0.2, 0.25) is 5.91 Å². The van der Waals surface area contributed by atoms with E-state index in [1.807, 2.05) is 23.1 Å². The van der Waals surface area contributed by atoms with Crippen molar-refractivity contribution in [2.45, 2.75) is 12.5 Å². The number of hydrogen-bond acceptors (Lipinski definition) is 4. The molecule has 1 rings (SSSR count). The second-order valence-electron chi connectivity index (χ2n) is 2.89. The summed E-state index contributed by atoms with van der Waals surface area (Å²) in [6.45, 7) is 0. The molecule has 86 valence electrons. The predicted octanol–water partition coefficient (Wildman–Crippen LogP) is 2.19. The van der Waals surface area contributed by atoms with Crippen LogP contribution < -0.4 is 11.1 Å². The molecule has 0 aromatic carbocycles. The van der Waals surface area contributed by atoms with Crippen LogP contribution in [0.15, 0.2) is 16.8 Å². The Kier molecular flexibility index (Phi) is 7.86. The van der Waals surface area contributed by atoms with Crippen molar-refractivity contribution in [1.82, 2.24) is 0 Å². The number of hydrogen-bond donors (Lipinski definition) is 2. The van der Waals surface area contributed by atoms with Crippen molar-refractivity contribution in [3.63, 3.8) is 0 Å². The molecule has 0 spiro atoms. The van der Waals surface area contributed by atoms with Gasteiger partial charge >= 0.3 is 0 Å². The first kappa shape index (κ1) is 14.8. The van der Waals surface area contributed by atoms with Gasteiger partial charge in [-0.3, -0.25) is 4.79 Å². The lowest BCUT2D eigenvalue weighted by atomic mass is 10.2. The molecule has 0 aliphatic carbocycles. The summed E-state index contributed by atoms with van der Waals surface area (Å²) in [6.07, 6.45) is 2.72. The van der Waals surface area contributed by atoms with E-state index in [9.17, 15) is 4.79 Å². The van der Waals surface area contributed by atoms with Gasteiger partial charge in [0.05, 0.1) is 11.7 Å². The lowest BCUT2D eigenvalue weighted by molar-refractivity contribution is -0.117. The molecule has 3 N–H and O–H groups in total. The van der Waals surface area contributed by atoms with Crippen LogP contribution in [0.25, 0.3) is 0 Å². The molecule has 1 heterocycles. The number of amides is 1. The Labute approximate surface area is 104 Å². The number of anilines is 1. The highest BCUT2D eigenvalue weighted by Crippen LogP contribution is 2.12. The Morgan fingerprint density at radius 3 is 3.00 bits per heavy atom. The Bertz CT molecular complexity index is 280. The smallest absolute Gasteiger partial charge is 0.241 e. The van der Waals surface area contributed by atoms with Gasteiger partial charge < -0.3 is 11.1 Å². The molecule has 0 saturated carbocycles. The van der Waals surface area contributed by atoms with Crippen LogP contribution in [0.5, 0.6) is 0 Å². The zero-order chi connectivity index (χ0) is 10.4. The van der Waals surface area contributed by atoms with Crippen LogP contribution >= 0.6 is 35.5 Å². The monoisotopic (exact) mass is 266 g/mol. The van der Waals surface area contributed by atoms with Gasteiger partial charge in [0.1, 0.15) is 0 Å². The summed E-state index contributed by atoms with van der Waals surface area (Å²) in [4.78, 5) is 11.5. The molecule has 6 heteroatoms. The van der Waals surface area contributed by atoms with Crippen molar-refractivity contribution in [3.05, 3.63) is 16.8 Å². The van der Waals surface area contributed by atoms with Crippen LogP contribution in [0, 0.1) is 0 Å². The van der Waals surface area contributed by atoms with E-state index in [0.717, 1.165) is 17.9 Å². The molecule has 0 fully saturated rings. The Morgan fingerprint density at radius 2 is 2.47 bits per heavy atom. The van der Waals surface area contributed by atoms with Crippen molar-refractivity contribution < 1.29 is 4.79 Å². The van der Waals surface area contributed by atoms with Gasteiger partial charge in [-0.15, -0.1) is 12.4 Å². The summed E-state index contributed by atoms with van der Waals surface area (Å²) < 4.78 is 0. The van der Waals surface area contributed by atoms with E-state index in [2.05, 4.69) is 5.32 Å². The maximum atomic E-state index is 11.5. The average molecular weight is 267 g/mol. The van der Waals surface area contributed by atoms with Crippen molar-refractivity contribution in [3.8, 4) is 0 Å². The van der Waals surface area contributed by atoms with Crippen molar-refractivity contribution >= 4 is 47.1 Å². The SMILES string of the molecule is CSCC[C@H](N)C(=O)Nc1ccsc1.Cl. The molecule has 1 aromatic rings. The van der Waals surface area contributed by atoms with Crippen molar-refractivity contribution in [2.75, 3.05) is 17.3 Å². The molecular weight excluding hydrogens is 252 g/mol. The normalized spacial score (nSPS) is 11.6. The number of nitrogens with two attached hydrogens (primary N) is 1. The highest BCUT2D eigenvalue weighted by Gasteiger charge is 2.12. The number of carbonyl (C=O) groups is 1. The number of carbonyl (C=O) groups excluding carboxylic acids is 1. The molecule has 15 heavy (non-hydrogen) atoms. The Balaban J connectivity index is 0.00000196. The minimum atomic E-state index is -0.401. The number of nitrogens with one attached hydrogen (secondary N) is 1. The third kappa shape index (κ3) is 5.41. The fraction of sp³-hybridized carbons (Fsp3) is 0.444. The van der Waals surface area contributed by atoms with Crippen molar-refractivity contribution in [2.24, 2.45) is 5.73 Å². The molecule has 0 aliphatic rings. The molecule has 1 atom stereocenters. The summed E-state index contributed by atoms with van der Waals surface area (Å²) in [7, 11) is 0. The highest BCUT2D eigenvalue weighted by molar-refractivity contribution is 7.98. The molecule has 0 unspecified atom stereocenters. The minimum absolute atomic E-state index is 0. The molecule has 1 amide bonds. The number of rotatable bonds is 5.